The minimum atomic E-state index is -0.367. The minimum absolute atomic E-state index is 0.0555. The van der Waals surface area contributed by atoms with Crippen molar-refractivity contribution in [1.29, 1.82) is 0 Å². The molecule has 4 rings (SSSR count). The predicted molar refractivity (Wildman–Crippen MR) is 130 cm³/mol. The standard InChI is InChI=1S/C23H19BrN4O4S/c1-28-22(30)21(33-23(28)31)8-15-7-20(19(29)9-18(15)24)32-13-14-6-17(11-25-10-14)27-12-16-4-2-3-5-26-16/h2-11,27,29H,12-13H2,1H3/b21-8-. The highest BCUT2D eigenvalue weighted by atomic mass is 79.9. The number of pyridine rings is 2. The molecule has 0 bridgehead atoms. The highest BCUT2D eigenvalue weighted by molar-refractivity contribution is 9.10. The number of phenols is 1. The quantitative estimate of drug-likeness (QED) is 0.423. The lowest BCUT2D eigenvalue weighted by molar-refractivity contribution is -0.121. The maximum absolute atomic E-state index is 12.2. The maximum atomic E-state index is 12.2. The van der Waals surface area contributed by atoms with Crippen LogP contribution in [0.15, 0.2) is 64.4 Å². The molecule has 1 saturated heterocycles. The Kier molecular flexibility index (Phi) is 6.95. The molecule has 1 aromatic carbocycles. The van der Waals surface area contributed by atoms with Crippen molar-refractivity contribution in [3.63, 3.8) is 0 Å². The van der Waals surface area contributed by atoms with Gasteiger partial charge in [-0.15, -0.1) is 0 Å². The molecular formula is C23H19BrN4O4S. The van der Waals surface area contributed by atoms with Crippen LogP contribution in [-0.2, 0) is 17.9 Å². The highest BCUT2D eigenvalue weighted by Crippen LogP contribution is 2.37. The summed E-state index contributed by atoms with van der Waals surface area (Å²) in [5, 5.41) is 13.2. The average Bonchev–Trinajstić information content (AvgIpc) is 3.06. The van der Waals surface area contributed by atoms with Crippen LogP contribution in [0.2, 0.25) is 0 Å². The zero-order valence-corrected chi connectivity index (χ0v) is 19.9. The van der Waals surface area contributed by atoms with Gasteiger partial charge in [-0.2, -0.15) is 0 Å². The Morgan fingerprint density at radius 3 is 2.82 bits per heavy atom. The summed E-state index contributed by atoms with van der Waals surface area (Å²) in [6.45, 7) is 0.735. The Labute approximate surface area is 202 Å². The Morgan fingerprint density at radius 1 is 1.24 bits per heavy atom. The first kappa shape index (κ1) is 22.8. The van der Waals surface area contributed by atoms with E-state index in [0.717, 1.165) is 33.6 Å². The third-order valence-corrected chi connectivity index (χ3v) is 6.39. The van der Waals surface area contributed by atoms with Crippen LogP contribution in [0.1, 0.15) is 16.8 Å². The van der Waals surface area contributed by atoms with Crippen LogP contribution in [0.25, 0.3) is 6.08 Å². The fourth-order valence-electron chi connectivity index (χ4n) is 2.99. The summed E-state index contributed by atoms with van der Waals surface area (Å²) in [4.78, 5) is 33.8. The third-order valence-electron chi connectivity index (χ3n) is 4.74. The van der Waals surface area contributed by atoms with Gasteiger partial charge in [0.25, 0.3) is 11.1 Å². The van der Waals surface area contributed by atoms with Gasteiger partial charge in [-0.1, -0.05) is 22.0 Å². The van der Waals surface area contributed by atoms with Crippen molar-refractivity contribution in [1.82, 2.24) is 14.9 Å². The lowest BCUT2D eigenvalue weighted by Crippen LogP contribution is -2.22. The van der Waals surface area contributed by atoms with E-state index >= 15 is 0 Å². The number of thioether (sulfide) groups is 1. The fraction of sp³-hybridized carbons (Fsp3) is 0.130. The van der Waals surface area contributed by atoms with Gasteiger partial charge in [0.1, 0.15) is 6.61 Å². The van der Waals surface area contributed by atoms with Crippen LogP contribution in [-0.4, -0.2) is 38.2 Å². The van der Waals surface area contributed by atoms with Crippen LogP contribution in [0.3, 0.4) is 0 Å². The van der Waals surface area contributed by atoms with Gasteiger partial charge >= 0.3 is 0 Å². The molecule has 168 valence electrons. The third kappa shape index (κ3) is 5.52. The number of hydrogen-bond acceptors (Lipinski definition) is 8. The lowest BCUT2D eigenvalue weighted by Gasteiger charge is -2.12. The zero-order chi connectivity index (χ0) is 23.4. The molecule has 1 aliphatic heterocycles. The van der Waals surface area contributed by atoms with Crippen molar-refractivity contribution in [2.75, 3.05) is 12.4 Å². The van der Waals surface area contributed by atoms with Crippen molar-refractivity contribution >= 4 is 50.6 Å². The number of benzene rings is 1. The summed E-state index contributed by atoms with van der Waals surface area (Å²) < 4.78 is 6.39. The van der Waals surface area contributed by atoms with Gasteiger partial charge in [-0.3, -0.25) is 24.5 Å². The van der Waals surface area contributed by atoms with E-state index in [4.69, 9.17) is 4.74 Å². The van der Waals surface area contributed by atoms with Crippen LogP contribution >= 0.6 is 27.7 Å². The molecule has 0 unspecified atom stereocenters. The number of aromatic hydroxyl groups is 1. The number of ether oxygens (including phenoxy) is 1. The van der Waals surface area contributed by atoms with Gasteiger partial charge in [0, 0.05) is 35.7 Å². The number of anilines is 1. The molecular weight excluding hydrogens is 508 g/mol. The summed E-state index contributed by atoms with van der Waals surface area (Å²) in [5.41, 5.74) is 3.13. The number of likely N-dealkylation sites (N-methyl/N-ethyl adjacent to an activating group) is 1. The number of rotatable bonds is 7. The van der Waals surface area contributed by atoms with E-state index in [2.05, 4.69) is 31.2 Å². The Balaban J connectivity index is 1.46. The lowest BCUT2D eigenvalue weighted by atomic mass is 10.2. The number of imide groups is 1. The summed E-state index contributed by atoms with van der Waals surface area (Å²) >= 11 is 4.24. The van der Waals surface area contributed by atoms with Crippen molar-refractivity contribution in [3.05, 3.63) is 81.2 Å². The first-order chi connectivity index (χ1) is 15.9. The van der Waals surface area contributed by atoms with E-state index in [1.165, 1.54) is 13.1 Å². The van der Waals surface area contributed by atoms with Gasteiger partial charge in [0.2, 0.25) is 0 Å². The molecule has 0 spiro atoms. The number of amides is 2. The molecule has 0 radical (unpaired) electrons. The summed E-state index contributed by atoms with van der Waals surface area (Å²) in [6, 6.07) is 10.7. The van der Waals surface area contributed by atoms with Crippen LogP contribution < -0.4 is 10.1 Å². The molecule has 1 fully saturated rings. The molecule has 3 heterocycles. The zero-order valence-electron chi connectivity index (χ0n) is 17.5. The van der Waals surface area contributed by atoms with Crippen molar-refractivity contribution in [3.8, 4) is 11.5 Å². The molecule has 2 N–H and O–H groups in total. The van der Waals surface area contributed by atoms with Gasteiger partial charge in [-0.25, -0.2) is 0 Å². The molecule has 0 atom stereocenters. The van der Waals surface area contributed by atoms with Gasteiger partial charge in [-0.05, 0) is 53.7 Å². The first-order valence-electron chi connectivity index (χ1n) is 9.85. The number of phenolic OH excluding ortho intramolecular Hbond substituents is 1. The maximum Gasteiger partial charge on any atom is 0.293 e. The molecule has 1 aliphatic rings. The Hall–Kier alpha value is -3.37. The second kappa shape index (κ2) is 10.1. The van der Waals surface area contributed by atoms with Gasteiger partial charge in [0.05, 0.1) is 22.8 Å². The Morgan fingerprint density at radius 2 is 2.09 bits per heavy atom. The first-order valence-corrected chi connectivity index (χ1v) is 11.5. The van der Waals surface area contributed by atoms with E-state index in [0.29, 0.717) is 21.5 Å². The monoisotopic (exact) mass is 526 g/mol. The smallest absolute Gasteiger partial charge is 0.293 e. The number of hydrogen-bond donors (Lipinski definition) is 2. The van der Waals surface area contributed by atoms with Crippen molar-refractivity contribution in [2.45, 2.75) is 13.2 Å². The number of nitrogens with zero attached hydrogens (tertiary/aromatic N) is 3. The molecule has 33 heavy (non-hydrogen) atoms. The average molecular weight is 527 g/mol. The molecule has 3 aromatic rings. The molecule has 0 saturated carbocycles. The van der Waals surface area contributed by atoms with Crippen LogP contribution in [0.4, 0.5) is 10.5 Å². The van der Waals surface area contributed by atoms with Crippen molar-refractivity contribution in [2.24, 2.45) is 0 Å². The number of nitrogens with one attached hydrogen (secondary N) is 1. The van der Waals surface area contributed by atoms with Crippen LogP contribution in [0.5, 0.6) is 11.5 Å². The highest BCUT2D eigenvalue weighted by Gasteiger charge is 2.32. The Bertz CT molecular complexity index is 1240. The number of carbonyl (C=O) groups excluding carboxylic acids is 2. The molecule has 0 aliphatic carbocycles. The largest absolute Gasteiger partial charge is 0.504 e. The van der Waals surface area contributed by atoms with Gasteiger partial charge in [0.15, 0.2) is 11.5 Å². The van der Waals surface area contributed by atoms with E-state index < -0.39 is 0 Å². The predicted octanol–water partition coefficient (Wildman–Crippen LogP) is 4.80. The minimum Gasteiger partial charge on any atom is -0.504 e. The van der Waals surface area contributed by atoms with E-state index in [-0.39, 0.29) is 29.3 Å². The van der Waals surface area contributed by atoms with E-state index in [1.807, 2.05) is 24.3 Å². The molecule has 10 heteroatoms. The summed E-state index contributed by atoms with van der Waals surface area (Å²) in [7, 11) is 1.44. The number of aromatic nitrogens is 2. The van der Waals surface area contributed by atoms with Crippen LogP contribution in [0, 0.1) is 0 Å². The normalized spacial score (nSPS) is 14.7. The number of carbonyl (C=O) groups is 2. The summed E-state index contributed by atoms with van der Waals surface area (Å²) in [5.74, 6) is -0.180. The molecule has 2 amide bonds. The number of halogens is 1. The van der Waals surface area contributed by atoms with E-state index in [1.54, 1.807) is 30.7 Å². The SMILES string of the molecule is CN1C(=O)S/C(=C\c2cc(OCc3cncc(NCc4ccccn4)c3)c(O)cc2Br)C1=O. The fourth-order valence-corrected chi connectivity index (χ4v) is 4.26. The second-order valence-electron chi connectivity index (χ2n) is 7.13. The second-order valence-corrected chi connectivity index (χ2v) is 8.97. The van der Waals surface area contributed by atoms with Gasteiger partial charge < -0.3 is 15.2 Å². The van der Waals surface area contributed by atoms with Crippen molar-refractivity contribution < 1.29 is 19.4 Å². The van der Waals surface area contributed by atoms with E-state index in [9.17, 15) is 14.7 Å². The molecule has 8 nitrogen and oxygen atoms in total. The molecule has 2 aromatic heterocycles. The topological polar surface area (TPSA) is 105 Å². The summed E-state index contributed by atoms with van der Waals surface area (Å²) in [6.07, 6.45) is 6.72.